The molecule has 0 saturated heterocycles. The van der Waals surface area contributed by atoms with Crippen LogP contribution in [0, 0.1) is 0 Å². The van der Waals surface area contributed by atoms with Crippen molar-refractivity contribution in [3.8, 4) is 5.69 Å². The topological polar surface area (TPSA) is 43.6 Å². The van der Waals surface area contributed by atoms with E-state index in [1.807, 2.05) is 30.3 Å². The van der Waals surface area contributed by atoms with Crippen molar-refractivity contribution in [2.75, 3.05) is 0 Å². The van der Waals surface area contributed by atoms with Crippen LogP contribution in [0.1, 0.15) is 5.56 Å². The van der Waals surface area contributed by atoms with E-state index in [1.165, 1.54) is 11.8 Å². The fraction of sp³-hybridized carbons (Fsp3) is 0.0714. The summed E-state index contributed by atoms with van der Waals surface area (Å²) >= 11 is 19.7. The zero-order valence-corrected chi connectivity index (χ0v) is 14.2. The van der Waals surface area contributed by atoms with Crippen LogP contribution in [-0.2, 0) is 5.75 Å². The van der Waals surface area contributed by atoms with Gasteiger partial charge in [0, 0.05) is 20.8 Å². The molecule has 0 fully saturated rings. The van der Waals surface area contributed by atoms with Gasteiger partial charge in [-0.1, -0.05) is 52.6 Å². The predicted molar refractivity (Wildman–Crippen MR) is 90.2 cm³/mol. The van der Waals surface area contributed by atoms with Crippen LogP contribution in [0.25, 0.3) is 5.69 Å². The third-order valence-corrected chi connectivity index (χ3v) is 4.83. The molecule has 0 atom stereocenters. The lowest BCUT2D eigenvalue weighted by molar-refractivity contribution is 0.756. The second kappa shape index (κ2) is 6.87. The van der Waals surface area contributed by atoms with Gasteiger partial charge in [0.05, 0.1) is 5.69 Å². The smallest absolute Gasteiger partial charge is 0.187 e. The van der Waals surface area contributed by atoms with Crippen molar-refractivity contribution in [1.29, 1.82) is 0 Å². The SMILES string of the molecule is Clc1ccc(-n2nnnc2SCc2c(Cl)cccc2Cl)cc1. The van der Waals surface area contributed by atoms with Gasteiger partial charge >= 0.3 is 0 Å². The molecular formula is C14H9Cl3N4S. The zero-order valence-electron chi connectivity index (χ0n) is 11.1. The molecule has 0 unspecified atom stereocenters. The van der Waals surface area contributed by atoms with Crippen LogP contribution in [0.15, 0.2) is 47.6 Å². The molecule has 0 radical (unpaired) electrons. The first kappa shape index (κ1) is 15.6. The molecule has 2 aromatic carbocycles. The van der Waals surface area contributed by atoms with Crippen LogP contribution in [0.5, 0.6) is 0 Å². The van der Waals surface area contributed by atoms with E-state index in [9.17, 15) is 0 Å². The lowest BCUT2D eigenvalue weighted by Crippen LogP contribution is -1.99. The molecular weight excluding hydrogens is 363 g/mol. The van der Waals surface area contributed by atoms with E-state index in [4.69, 9.17) is 34.8 Å². The molecule has 0 aliphatic carbocycles. The molecule has 0 bridgehead atoms. The highest BCUT2D eigenvalue weighted by Gasteiger charge is 2.12. The molecule has 0 saturated carbocycles. The van der Waals surface area contributed by atoms with Gasteiger partial charge in [0.15, 0.2) is 0 Å². The maximum absolute atomic E-state index is 6.17. The number of thioether (sulfide) groups is 1. The van der Waals surface area contributed by atoms with Gasteiger partial charge in [-0.05, 0) is 52.4 Å². The third-order valence-electron chi connectivity index (χ3n) is 2.92. The fourth-order valence-corrected chi connectivity index (χ4v) is 3.58. The highest BCUT2D eigenvalue weighted by molar-refractivity contribution is 7.98. The summed E-state index contributed by atoms with van der Waals surface area (Å²) in [6.45, 7) is 0. The highest BCUT2D eigenvalue weighted by Crippen LogP contribution is 2.31. The summed E-state index contributed by atoms with van der Waals surface area (Å²) in [7, 11) is 0. The lowest BCUT2D eigenvalue weighted by atomic mass is 10.2. The van der Waals surface area contributed by atoms with Crippen molar-refractivity contribution < 1.29 is 0 Å². The zero-order chi connectivity index (χ0) is 15.5. The van der Waals surface area contributed by atoms with E-state index < -0.39 is 0 Å². The normalized spacial score (nSPS) is 10.9. The second-order valence-electron chi connectivity index (χ2n) is 4.34. The van der Waals surface area contributed by atoms with E-state index in [2.05, 4.69) is 15.5 Å². The Morgan fingerprint density at radius 2 is 1.64 bits per heavy atom. The van der Waals surface area contributed by atoms with E-state index in [0.29, 0.717) is 26.0 Å². The van der Waals surface area contributed by atoms with Crippen LogP contribution < -0.4 is 0 Å². The van der Waals surface area contributed by atoms with Crippen molar-refractivity contribution in [2.45, 2.75) is 10.9 Å². The Morgan fingerprint density at radius 3 is 2.32 bits per heavy atom. The number of halogens is 3. The van der Waals surface area contributed by atoms with Crippen LogP contribution in [0.4, 0.5) is 0 Å². The number of nitrogens with zero attached hydrogens (tertiary/aromatic N) is 4. The standard InChI is InChI=1S/C14H9Cl3N4S/c15-9-4-6-10(7-5-9)21-14(18-19-20-21)22-8-11-12(16)2-1-3-13(11)17/h1-7H,8H2. The second-order valence-corrected chi connectivity index (χ2v) is 6.53. The summed E-state index contributed by atoms with van der Waals surface area (Å²) in [5, 5.41) is 14.3. The van der Waals surface area contributed by atoms with Crippen molar-refractivity contribution in [3.63, 3.8) is 0 Å². The molecule has 0 aliphatic heterocycles. The number of rotatable bonds is 4. The minimum atomic E-state index is 0.576. The van der Waals surface area contributed by atoms with Gasteiger partial charge in [0.25, 0.3) is 0 Å². The summed E-state index contributed by atoms with van der Waals surface area (Å²) in [5.41, 5.74) is 1.70. The summed E-state index contributed by atoms with van der Waals surface area (Å²) in [4.78, 5) is 0. The molecule has 1 aromatic heterocycles. The van der Waals surface area contributed by atoms with Crippen LogP contribution in [-0.4, -0.2) is 20.2 Å². The monoisotopic (exact) mass is 370 g/mol. The first-order chi connectivity index (χ1) is 10.6. The van der Waals surface area contributed by atoms with Crippen LogP contribution in [0.2, 0.25) is 15.1 Å². The minimum absolute atomic E-state index is 0.576. The number of tetrazole rings is 1. The Hall–Kier alpha value is -1.27. The molecule has 8 heteroatoms. The van der Waals surface area contributed by atoms with Gasteiger partial charge in [0.1, 0.15) is 0 Å². The van der Waals surface area contributed by atoms with Crippen LogP contribution >= 0.6 is 46.6 Å². The number of hydrogen-bond acceptors (Lipinski definition) is 4. The van der Waals surface area contributed by atoms with E-state index in [-0.39, 0.29) is 0 Å². The van der Waals surface area contributed by atoms with Gasteiger partial charge in [-0.25, -0.2) is 0 Å². The Bertz CT molecular complexity index is 769. The van der Waals surface area contributed by atoms with Gasteiger partial charge in [-0.15, -0.1) is 5.10 Å². The van der Waals surface area contributed by atoms with Crippen molar-refractivity contribution in [2.24, 2.45) is 0 Å². The summed E-state index contributed by atoms with van der Waals surface area (Å²) in [6.07, 6.45) is 0. The van der Waals surface area contributed by atoms with E-state index in [1.54, 1.807) is 16.8 Å². The largest absolute Gasteiger partial charge is 0.214 e. The molecule has 0 spiro atoms. The fourth-order valence-electron chi connectivity index (χ4n) is 1.82. The number of aromatic nitrogens is 4. The average Bonchev–Trinajstić information content (AvgIpc) is 2.96. The molecule has 3 aromatic rings. The van der Waals surface area contributed by atoms with Crippen molar-refractivity contribution in [1.82, 2.24) is 20.2 Å². The third kappa shape index (κ3) is 3.38. The van der Waals surface area contributed by atoms with Gasteiger partial charge in [0.2, 0.25) is 5.16 Å². The Kier molecular flexibility index (Phi) is 4.88. The maximum atomic E-state index is 6.17. The summed E-state index contributed by atoms with van der Waals surface area (Å²) in [6, 6.07) is 12.7. The average molecular weight is 372 g/mol. The molecule has 112 valence electrons. The molecule has 4 nitrogen and oxygen atoms in total. The first-order valence-electron chi connectivity index (χ1n) is 6.25. The van der Waals surface area contributed by atoms with Crippen molar-refractivity contribution >= 4 is 46.6 Å². The van der Waals surface area contributed by atoms with Gasteiger partial charge in [-0.3, -0.25) is 0 Å². The minimum Gasteiger partial charge on any atom is -0.187 e. The molecule has 1 heterocycles. The molecule has 0 aliphatic rings. The van der Waals surface area contributed by atoms with E-state index >= 15 is 0 Å². The lowest BCUT2D eigenvalue weighted by Gasteiger charge is -2.07. The van der Waals surface area contributed by atoms with Gasteiger partial charge in [-0.2, -0.15) is 4.68 Å². The molecule has 22 heavy (non-hydrogen) atoms. The quantitative estimate of drug-likeness (QED) is 0.611. The maximum Gasteiger partial charge on any atom is 0.214 e. The number of hydrogen-bond donors (Lipinski definition) is 0. The summed E-state index contributed by atoms with van der Waals surface area (Å²) in [5.74, 6) is 0.576. The molecule has 0 amide bonds. The predicted octanol–water partition coefficient (Wildman–Crippen LogP) is 4.91. The molecule has 0 N–H and O–H groups in total. The van der Waals surface area contributed by atoms with E-state index in [0.717, 1.165) is 11.3 Å². The summed E-state index contributed by atoms with van der Waals surface area (Å²) < 4.78 is 1.64. The Morgan fingerprint density at radius 1 is 0.955 bits per heavy atom. The first-order valence-corrected chi connectivity index (χ1v) is 8.37. The van der Waals surface area contributed by atoms with Crippen molar-refractivity contribution in [3.05, 3.63) is 63.1 Å². The Balaban J connectivity index is 1.83. The highest BCUT2D eigenvalue weighted by atomic mass is 35.5. The number of benzene rings is 2. The van der Waals surface area contributed by atoms with Crippen LogP contribution in [0.3, 0.4) is 0 Å². The Labute approximate surface area is 146 Å². The van der Waals surface area contributed by atoms with Gasteiger partial charge < -0.3 is 0 Å². The molecule has 3 rings (SSSR count).